The molecule has 0 aliphatic carbocycles. The third kappa shape index (κ3) is 4.73. The minimum absolute atomic E-state index is 0.0300. The zero-order valence-corrected chi connectivity index (χ0v) is 17.2. The van der Waals surface area contributed by atoms with Crippen LogP contribution in [-0.2, 0) is 11.3 Å². The summed E-state index contributed by atoms with van der Waals surface area (Å²) in [6.07, 6.45) is 3.10. The molecule has 0 amide bonds. The molecule has 0 saturated carbocycles. The van der Waals surface area contributed by atoms with Crippen molar-refractivity contribution in [3.8, 4) is 22.7 Å². The predicted octanol–water partition coefficient (Wildman–Crippen LogP) is 5.09. The molecule has 4 aromatic rings. The van der Waals surface area contributed by atoms with Crippen LogP contribution in [0.1, 0.15) is 15.9 Å². The van der Waals surface area contributed by atoms with Crippen molar-refractivity contribution in [2.24, 2.45) is 0 Å². The first-order valence-electron chi connectivity index (χ1n) is 9.31. The maximum atomic E-state index is 13.3. The fraction of sp³-hybridized carbons (Fsp3) is 0.0870. The second-order valence-electron chi connectivity index (χ2n) is 6.61. The number of halogens is 2. The molecule has 8 heteroatoms. The number of aromatic nitrogens is 3. The van der Waals surface area contributed by atoms with Gasteiger partial charge in [0.1, 0.15) is 34.6 Å². The zero-order chi connectivity index (χ0) is 21.8. The molecule has 0 N–H and O–H groups in total. The van der Waals surface area contributed by atoms with E-state index in [-0.39, 0.29) is 18.0 Å². The smallest absolute Gasteiger partial charge is 0.342 e. The average molecular weight is 438 g/mol. The summed E-state index contributed by atoms with van der Waals surface area (Å²) in [5.74, 6) is -0.290. The summed E-state index contributed by atoms with van der Waals surface area (Å²) in [4.78, 5) is 16.9. The molecule has 2 heterocycles. The topological polar surface area (TPSA) is 66.2 Å². The highest BCUT2D eigenvalue weighted by Crippen LogP contribution is 2.27. The number of pyridine rings is 1. The van der Waals surface area contributed by atoms with E-state index in [2.05, 4.69) is 10.1 Å². The molecule has 156 valence electrons. The van der Waals surface area contributed by atoms with Gasteiger partial charge < -0.3 is 9.47 Å². The third-order valence-corrected chi connectivity index (χ3v) is 4.75. The van der Waals surface area contributed by atoms with Gasteiger partial charge in [0.25, 0.3) is 0 Å². The summed E-state index contributed by atoms with van der Waals surface area (Å²) < 4.78 is 25.6. The van der Waals surface area contributed by atoms with Crippen LogP contribution < -0.4 is 4.74 Å². The number of esters is 1. The Morgan fingerprint density at radius 2 is 1.94 bits per heavy atom. The Balaban J connectivity index is 1.69. The van der Waals surface area contributed by atoms with Crippen molar-refractivity contribution in [1.82, 2.24) is 14.8 Å². The lowest BCUT2D eigenvalue weighted by molar-refractivity contribution is 0.0473. The van der Waals surface area contributed by atoms with Crippen LogP contribution in [0, 0.1) is 5.82 Å². The number of carbonyl (C=O) groups is 1. The number of methoxy groups -OCH3 is 1. The van der Waals surface area contributed by atoms with Gasteiger partial charge in [-0.25, -0.2) is 18.9 Å². The lowest BCUT2D eigenvalue weighted by Crippen LogP contribution is -2.06. The Morgan fingerprint density at radius 1 is 1.13 bits per heavy atom. The number of benzene rings is 2. The molecule has 0 unspecified atom stereocenters. The van der Waals surface area contributed by atoms with Crippen molar-refractivity contribution in [1.29, 1.82) is 0 Å². The molecule has 0 aliphatic rings. The first-order chi connectivity index (χ1) is 15.0. The maximum Gasteiger partial charge on any atom is 0.342 e. The van der Waals surface area contributed by atoms with Gasteiger partial charge in [-0.1, -0.05) is 29.8 Å². The molecule has 4 rings (SSSR count). The lowest BCUT2D eigenvalue weighted by Gasteiger charge is -2.06. The van der Waals surface area contributed by atoms with E-state index in [1.807, 2.05) is 6.07 Å². The molecule has 0 aliphatic heterocycles. The van der Waals surface area contributed by atoms with E-state index in [4.69, 9.17) is 21.1 Å². The summed E-state index contributed by atoms with van der Waals surface area (Å²) in [5.41, 5.74) is 2.67. The highest BCUT2D eigenvalue weighted by Gasteiger charge is 2.20. The largest absolute Gasteiger partial charge is 0.497 e. The van der Waals surface area contributed by atoms with Crippen LogP contribution >= 0.6 is 11.6 Å². The van der Waals surface area contributed by atoms with Crippen molar-refractivity contribution in [3.63, 3.8) is 0 Å². The molecule has 31 heavy (non-hydrogen) atoms. The van der Waals surface area contributed by atoms with Gasteiger partial charge in [-0.2, -0.15) is 5.10 Å². The second-order valence-corrected chi connectivity index (χ2v) is 7.00. The van der Waals surface area contributed by atoms with Gasteiger partial charge in [0.05, 0.1) is 12.8 Å². The molecule has 6 nitrogen and oxygen atoms in total. The number of nitrogens with zero attached hydrogens (tertiary/aromatic N) is 3. The first kappa shape index (κ1) is 20.6. The van der Waals surface area contributed by atoms with Gasteiger partial charge in [-0.3, -0.25) is 0 Å². The van der Waals surface area contributed by atoms with Crippen molar-refractivity contribution in [2.75, 3.05) is 7.11 Å². The summed E-state index contributed by atoms with van der Waals surface area (Å²) in [5, 5.41) is 4.91. The van der Waals surface area contributed by atoms with E-state index < -0.39 is 5.97 Å². The van der Waals surface area contributed by atoms with Crippen molar-refractivity contribution < 1.29 is 18.7 Å². The number of hydrogen-bond acceptors (Lipinski definition) is 5. The number of hydrogen-bond donors (Lipinski definition) is 0. The molecule has 0 atom stereocenters. The minimum Gasteiger partial charge on any atom is -0.497 e. The highest BCUT2D eigenvalue weighted by molar-refractivity contribution is 6.29. The van der Waals surface area contributed by atoms with Crippen LogP contribution in [-0.4, -0.2) is 27.8 Å². The van der Waals surface area contributed by atoms with Crippen molar-refractivity contribution >= 4 is 17.6 Å². The number of rotatable bonds is 6. The summed E-state index contributed by atoms with van der Waals surface area (Å²) in [6, 6.07) is 16.4. The van der Waals surface area contributed by atoms with Crippen molar-refractivity contribution in [2.45, 2.75) is 6.61 Å². The van der Waals surface area contributed by atoms with Crippen LogP contribution in [0.2, 0.25) is 5.15 Å². The molecule has 2 aromatic heterocycles. The van der Waals surface area contributed by atoms with E-state index in [1.54, 1.807) is 62.0 Å². The van der Waals surface area contributed by atoms with Gasteiger partial charge in [-0.05, 0) is 42.5 Å². The van der Waals surface area contributed by atoms with Gasteiger partial charge >= 0.3 is 5.97 Å². The van der Waals surface area contributed by atoms with E-state index in [1.165, 1.54) is 16.8 Å². The van der Waals surface area contributed by atoms with Gasteiger partial charge in [0.15, 0.2) is 0 Å². The molecule has 0 radical (unpaired) electrons. The molecule has 0 spiro atoms. The Labute approximate surface area is 182 Å². The van der Waals surface area contributed by atoms with E-state index in [0.717, 1.165) is 0 Å². The van der Waals surface area contributed by atoms with Crippen LogP contribution in [0.25, 0.3) is 16.9 Å². The second kappa shape index (κ2) is 8.97. The Kier molecular flexibility index (Phi) is 5.95. The number of carbonyl (C=O) groups excluding carboxylic acids is 1. The minimum atomic E-state index is -0.555. The standard InChI is InChI=1S/C23H17ClFN3O3/c1-30-19-4-2-3-16(11-19)22-20(13-28(27-22)18-8-6-17(25)7-9-18)23(29)31-14-15-5-10-21(24)26-12-15/h2-13H,14H2,1H3. The Hall–Kier alpha value is -3.71. The molecule has 0 saturated heterocycles. The molecular weight excluding hydrogens is 421 g/mol. The fourth-order valence-electron chi connectivity index (χ4n) is 2.95. The van der Waals surface area contributed by atoms with E-state index in [9.17, 15) is 9.18 Å². The SMILES string of the molecule is COc1cccc(-c2nn(-c3ccc(F)cc3)cc2C(=O)OCc2ccc(Cl)nc2)c1. The molecular formula is C23H17ClFN3O3. The summed E-state index contributed by atoms with van der Waals surface area (Å²) in [7, 11) is 1.56. The molecule has 2 aromatic carbocycles. The van der Waals surface area contributed by atoms with E-state index >= 15 is 0 Å². The highest BCUT2D eigenvalue weighted by atomic mass is 35.5. The average Bonchev–Trinajstić information content (AvgIpc) is 3.25. The summed E-state index contributed by atoms with van der Waals surface area (Å²) >= 11 is 5.79. The van der Waals surface area contributed by atoms with Gasteiger partial charge in [0.2, 0.25) is 0 Å². The van der Waals surface area contributed by atoms with Crippen molar-refractivity contribution in [3.05, 3.63) is 95.2 Å². The van der Waals surface area contributed by atoms with Crippen LogP contribution in [0.4, 0.5) is 4.39 Å². The van der Waals surface area contributed by atoms with Gasteiger partial charge in [-0.15, -0.1) is 0 Å². The first-order valence-corrected chi connectivity index (χ1v) is 9.69. The summed E-state index contributed by atoms with van der Waals surface area (Å²) in [6.45, 7) is 0.0300. The third-order valence-electron chi connectivity index (χ3n) is 4.53. The Bertz CT molecular complexity index is 1210. The fourth-order valence-corrected chi connectivity index (χ4v) is 3.06. The maximum absolute atomic E-state index is 13.3. The van der Waals surface area contributed by atoms with E-state index in [0.29, 0.717) is 33.4 Å². The normalized spacial score (nSPS) is 10.7. The van der Waals surface area contributed by atoms with Crippen LogP contribution in [0.3, 0.4) is 0 Å². The van der Waals surface area contributed by atoms with Gasteiger partial charge in [0, 0.05) is 23.5 Å². The van der Waals surface area contributed by atoms with Crippen LogP contribution in [0.5, 0.6) is 5.75 Å². The molecule has 0 fully saturated rings. The van der Waals surface area contributed by atoms with Crippen LogP contribution in [0.15, 0.2) is 73.1 Å². The molecule has 0 bridgehead atoms. The monoisotopic (exact) mass is 437 g/mol. The zero-order valence-electron chi connectivity index (χ0n) is 16.5. The quantitative estimate of drug-likeness (QED) is 0.310. The predicted molar refractivity (Wildman–Crippen MR) is 114 cm³/mol. The Morgan fingerprint density at radius 3 is 2.65 bits per heavy atom. The number of ether oxygens (including phenoxy) is 2. The lowest BCUT2D eigenvalue weighted by atomic mass is 10.1.